The molecule has 1 aliphatic rings. The fourth-order valence-corrected chi connectivity index (χ4v) is 0.436. The highest BCUT2D eigenvalue weighted by atomic mass is 16.1. The lowest BCUT2D eigenvalue weighted by Gasteiger charge is -1.85. The van der Waals surface area contributed by atoms with Crippen LogP contribution in [0.25, 0.3) is 0 Å². The third-order valence-corrected chi connectivity index (χ3v) is 0.953. The third-order valence-electron chi connectivity index (χ3n) is 0.953. The summed E-state index contributed by atoms with van der Waals surface area (Å²) in [5, 5.41) is 2.78. The molecular weight excluding hydrogens is 90.1 g/mol. The Bertz CT molecular complexity index is 109. The molecular formula is C5H7NO. The monoisotopic (exact) mass is 97.1 g/mol. The Labute approximate surface area is 42.2 Å². The third kappa shape index (κ3) is 0.796. The molecule has 1 N–H and O–H groups in total. The molecule has 1 fully saturated rings. The van der Waals surface area contributed by atoms with Crippen molar-refractivity contribution in [2.45, 2.75) is 12.5 Å². The normalized spacial score (nSPS) is 26.9. The van der Waals surface area contributed by atoms with Crippen LogP contribution in [-0.2, 0) is 4.79 Å². The van der Waals surface area contributed by atoms with Crippen LogP contribution in [0.2, 0.25) is 0 Å². The van der Waals surface area contributed by atoms with E-state index in [-0.39, 0.29) is 6.04 Å². The van der Waals surface area contributed by atoms with Gasteiger partial charge in [0.05, 0.1) is 6.04 Å². The lowest BCUT2D eigenvalue weighted by molar-refractivity contribution is -0.110. The largest absolute Gasteiger partial charge is 0.381 e. The summed E-state index contributed by atoms with van der Waals surface area (Å²) in [5.74, 6) is 0.292. The van der Waals surface area contributed by atoms with E-state index in [0.29, 0.717) is 12.2 Å². The van der Waals surface area contributed by atoms with Gasteiger partial charge in [-0.15, -0.1) is 0 Å². The van der Waals surface area contributed by atoms with Gasteiger partial charge in [-0.1, -0.05) is 6.58 Å². The Hall–Kier alpha value is -0.790. The number of rotatable bonds is 2. The molecule has 0 radical (unpaired) electrons. The van der Waals surface area contributed by atoms with Crippen molar-refractivity contribution in [3.63, 3.8) is 0 Å². The van der Waals surface area contributed by atoms with Gasteiger partial charge in [-0.25, -0.2) is 0 Å². The molecule has 38 valence electrons. The lowest BCUT2D eigenvalue weighted by Crippen LogP contribution is -2.08. The summed E-state index contributed by atoms with van der Waals surface area (Å²) in [4.78, 5) is 10.2. The molecule has 2 nitrogen and oxygen atoms in total. The van der Waals surface area contributed by atoms with Crippen molar-refractivity contribution < 1.29 is 4.79 Å². The van der Waals surface area contributed by atoms with Crippen molar-refractivity contribution in [2.75, 3.05) is 0 Å². The van der Waals surface area contributed by atoms with Crippen LogP contribution in [0.5, 0.6) is 0 Å². The van der Waals surface area contributed by atoms with Crippen molar-refractivity contribution in [1.29, 1.82) is 0 Å². The van der Waals surface area contributed by atoms with Gasteiger partial charge >= 0.3 is 0 Å². The fraction of sp³-hybridized carbons (Fsp3) is 0.400. The molecule has 0 aromatic heterocycles. The van der Waals surface area contributed by atoms with Crippen LogP contribution < -0.4 is 5.32 Å². The summed E-state index contributed by atoms with van der Waals surface area (Å²) in [7, 11) is 0. The van der Waals surface area contributed by atoms with Gasteiger partial charge in [0.1, 0.15) is 0 Å². The van der Waals surface area contributed by atoms with Gasteiger partial charge < -0.3 is 5.32 Å². The Morgan fingerprint density at radius 2 is 2.57 bits per heavy atom. The van der Waals surface area contributed by atoms with Gasteiger partial charge in [0.15, 0.2) is 5.78 Å². The van der Waals surface area contributed by atoms with Crippen LogP contribution in [0.15, 0.2) is 12.8 Å². The molecule has 1 saturated carbocycles. The van der Waals surface area contributed by atoms with Gasteiger partial charge in [-0.05, 0) is 6.20 Å². The minimum absolute atomic E-state index is 0.109. The van der Waals surface area contributed by atoms with E-state index >= 15 is 0 Å². The maximum Gasteiger partial charge on any atom is 0.157 e. The minimum Gasteiger partial charge on any atom is -0.381 e. The molecule has 7 heavy (non-hydrogen) atoms. The smallest absolute Gasteiger partial charge is 0.157 e. The summed E-state index contributed by atoms with van der Waals surface area (Å²) in [5.41, 5.74) is 0. The van der Waals surface area contributed by atoms with Crippen molar-refractivity contribution in [3.05, 3.63) is 12.8 Å². The average Bonchev–Trinajstić information content (AvgIpc) is 2.22. The van der Waals surface area contributed by atoms with E-state index in [9.17, 15) is 4.79 Å². The zero-order chi connectivity index (χ0) is 5.28. The molecule has 0 amide bonds. The average molecular weight is 97.1 g/mol. The molecule has 0 saturated heterocycles. The van der Waals surface area contributed by atoms with E-state index in [0.717, 1.165) is 0 Å². The van der Waals surface area contributed by atoms with Gasteiger partial charge in [0.25, 0.3) is 0 Å². The molecule has 1 unspecified atom stereocenters. The minimum atomic E-state index is 0.109. The van der Waals surface area contributed by atoms with E-state index in [1.54, 1.807) is 6.20 Å². The van der Waals surface area contributed by atoms with Gasteiger partial charge in [-0.3, -0.25) is 4.79 Å². The second-order valence-electron chi connectivity index (χ2n) is 1.59. The summed E-state index contributed by atoms with van der Waals surface area (Å²) in [6, 6.07) is 0.109. The van der Waals surface area contributed by atoms with E-state index in [1.165, 1.54) is 0 Å². The number of Topliss-reactive ketones (excluding diaryl/α,β-unsaturated/α-hetero) is 1. The predicted molar refractivity (Wildman–Crippen MR) is 26.7 cm³/mol. The Kier molecular flexibility index (Phi) is 0.855. The quantitative estimate of drug-likeness (QED) is 0.528. The predicted octanol–water partition coefficient (Wildman–Crippen LogP) is 0.0609. The summed E-state index contributed by atoms with van der Waals surface area (Å²) < 4.78 is 0. The molecule has 1 aliphatic carbocycles. The van der Waals surface area contributed by atoms with Gasteiger partial charge in [-0.2, -0.15) is 0 Å². The van der Waals surface area contributed by atoms with Crippen LogP contribution in [0.4, 0.5) is 0 Å². The van der Waals surface area contributed by atoms with Gasteiger partial charge in [0, 0.05) is 6.42 Å². The standard InChI is InChI=1S/C5H7NO/c1-2-6-4-3-5(4)7/h2,4,6H,1,3H2. The molecule has 1 rings (SSSR count). The molecule has 0 aliphatic heterocycles. The molecule has 0 heterocycles. The maximum absolute atomic E-state index is 10.2. The van der Waals surface area contributed by atoms with Crippen LogP contribution >= 0.6 is 0 Å². The number of carbonyl (C=O) groups is 1. The molecule has 0 aromatic carbocycles. The first-order valence-corrected chi connectivity index (χ1v) is 2.24. The maximum atomic E-state index is 10.2. The SMILES string of the molecule is C=CNC1CC1=O. The van der Waals surface area contributed by atoms with Crippen molar-refractivity contribution in [2.24, 2.45) is 0 Å². The highest BCUT2D eigenvalue weighted by Gasteiger charge is 2.32. The molecule has 1 atom stereocenters. The first-order valence-electron chi connectivity index (χ1n) is 2.24. The van der Waals surface area contributed by atoms with Crippen LogP contribution in [-0.4, -0.2) is 11.8 Å². The van der Waals surface area contributed by atoms with E-state index in [1.807, 2.05) is 0 Å². The lowest BCUT2D eigenvalue weighted by atomic mass is 10.7. The van der Waals surface area contributed by atoms with Crippen LogP contribution in [0.3, 0.4) is 0 Å². The van der Waals surface area contributed by atoms with Crippen LogP contribution in [0.1, 0.15) is 6.42 Å². The Morgan fingerprint density at radius 1 is 2.00 bits per heavy atom. The van der Waals surface area contributed by atoms with E-state index < -0.39 is 0 Å². The Morgan fingerprint density at radius 3 is 2.71 bits per heavy atom. The van der Waals surface area contributed by atoms with E-state index in [2.05, 4.69) is 11.9 Å². The number of hydrogen-bond acceptors (Lipinski definition) is 2. The summed E-state index contributed by atoms with van der Waals surface area (Å²) in [6.45, 7) is 3.41. The molecule has 2 heteroatoms. The first-order chi connectivity index (χ1) is 3.34. The van der Waals surface area contributed by atoms with Crippen molar-refractivity contribution in [3.8, 4) is 0 Å². The zero-order valence-corrected chi connectivity index (χ0v) is 3.98. The fourth-order valence-electron chi connectivity index (χ4n) is 0.436. The molecule has 0 spiro atoms. The van der Waals surface area contributed by atoms with Crippen LogP contribution in [0, 0.1) is 0 Å². The van der Waals surface area contributed by atoms with Gasteiger partial charge in [0.2, 0.25) is 0 Å². The number of hydrogen-bond donors (Lipinski definition) is 1. The second-order valence-corrected chi connectivity index (χ2v) is 1.59. The topological polar surface area (TPSA) is 29.1 Å². The number of carbonyl (C=O) groups excluding carboxylic acids is 1. The number of nitrogens with one attached hydrogen (secondary N) is 1. The second kappa shape index (κ2) is 1.37. The summed E-state index contributed by atoms with van der Waals surface area (Å²) >= 11 is 0. The highest BCUT2D eigenvalue weighted by Crippen LogP contribution is 2.12. The molecule has 0 bridgehead atoms. The zero-order valence-electron chi connectivity index (χ0n) is 3.98. The molecule has 0 aromatic rings. The van der Waals surface area contributed by atoms with Crippen molar-refractivity contribution in [1.82, 2.24) is 5.32 Å². The van der Waals surface area contributed by atoms with Crippen molar-refractivity contribution >= 4 is 5.78 Å². The van der Waals surface area contributed by atoms with E-state index in [4.69, 9.17) is 0 Å². The first kappa shape index (κ1) is 4.37. The summed E-state index contributed by atoms with van der Waals surface area (Å²) in [6.07, 6.45) is 2.24. The number of ketones is 1. The Balaban J connectivity index is 2.20. The highest BCUT2D eigenvalue weighted by molar-refractivity contribution is 5.99.